The SMILES string of the molecule is O=C(NC1CCCCC1)C(Cc1ccccc1)N(Cc1cccc(Br)c1)C(=O)Cc1c(Cl)cccc1Cl. The van der Waals surface area contributed by atoms with E-state index in [0.717, 1.165) is 41.3 Å². The molecule has 1 unspecified atom stereocenters. The second kappa shape index (κ2) is 13.5. The highest BCUT2D eigenvalue weighted by Gasteiger charge is 2.32. The smallest absolute Gasteiger partial charge is 0.243 e. The predicted molar refractivity (Wildman–Crippen MR) is 154 cm³/mol. The van der Waals surface area contributed by atoms with E-state index in [1.165, 1.54) is 6.42 Å². The van der Waals surface area contributed by atoms with E-state index in [0.29, 0.717) is 22.0 Å². The number of rotatable bonds is 9. The fourth-order valence-corrected chi connectivity index (χ4v) is 5.86. The van der Waals surface area contributed by atoms with Crippen LogP contribution >= 0.6 is 39.1 Å². The number of carbonyl (C=O) groups is 2. The highest BCUT2D eigenvalue weighted by atomic mass is 79.9. The Morgan fingerprint density at radius 2 is 1.54 bits per heavy atom. The first-order chi connectivity index (χ1) is 17.9. The molecule has 1 N–H and O–H groups in total. The zero-order valence-electron chi connectivity index (χ0n) is 20.6. The molecule has 0 heterocycles. The molecule has 1 aliphatic rings. The third-order valence-electron chi connectivity index (χ3n) is 6.85. The lowest BCUT2D eigenvalue weighted by Gasteiger charge is -2.33. The number of nitrogens with zero attached hydrogens (tertiary/aromatic N) is 1. The maximum Gasteiger partial charge on any atom is 0.243 e. The van der Waals surface area contributed by atoms with Crippen LogP contribution in [-0.4, -0.2) is 28.8 Å². The van der Waals surface area contributed by atoms with Crippen molar-refractivity contribution in [3.05, 3.63) is 104 Å². The molecule has 1 aliphatic carbocycles. The van der Waals surface area contributed by atoms with Gasteiger partial charge in [0.25, 0.3) is 0 Å². The van der Waals surface area contributed by atoms with Crippen LogP contribution in [0.5, 0.6) is 0 Å². The fraction of sp³-hybridized carbons (Fsp3) is 0.333. The van der Waals surface area contributed by atoms with Crippen molar-refractivity contribution in [3.8, 4) is 0 Å². The summed E-state index contributed by atoms with van der Waals surface area (Å²) in [5.74, 6) is -0.320. The second-order valence-electron chi connectivity index (χ2n) is 9.58. The Hall–Kier alpha value is -2.34. The van der Waals surface area contributed by atoms with Gasteiger partial charge in [-0.1, -0.05) is 107 Å². The molecule has 4 rings (SSSR count). The predicted octanol–water partition coefficient (Wildman–Crippen LogP) is 7.39. The molecule has 194 valence electrons. The molecule has 1 atom stereocenters. The minimum Gasteiger partial charge on any atom is -0.352 e. The molecule has 0 spiro atoms. The van der Waals surface area contributed by atoms with Crippen LogP contribution in [0.15, 0.2) is 77.3 Å². The van der Waals surface area contributed by atoms with Crippen molar-refractivity contribution in [2.45, 2.75) is 63.6 Å². The monoisotopic (exact) mass is 600 g/mol. The van der Waals surface area contributed by atoms with Gasteiger partial charge in [-0.25, -0.2) is 0 Å². The molecule has 3 aromatic rings. The van der Waals surface area contributed by atoms with Gasteiger partial charge >= 0.3 is 0 Å². The Kier molecular flexibility index (Phi) is 10.1. The highest BCUT2D eigenvalue weighted by Crippen LogP contribution is 2.27. The number of amides is 2. The van der Waals surface area contributed by atoms with Crippen LogP contribution in [0.3, 0.4) is 0 Å². The van der Waals surface area contributed by atoms with Gasteiger partial charge in [0, 0.05) is 33.5 Å². The normalized spacial score (nSPS) is 14.7. The van der Waals surface area contributed by atoms with Gasteiger partial charge in [0.05, 0.1) is 6.42 Å². The van der Waals surface area contributed by atoms with Crippen LogP contribution in [0.1, 0.15) is 48.8 Å². The highest BCUT2D eigenvalue weighted by molar-refractivity contribution is 9.10. The van der Waals surface area contributed by atoms with Gasteiger partial charge in [-0.15, -0.1) is 0 Å². The van der Waals surface area contributed by atoms with Crippen molar-refractivity contribution < 1.29 is 9.59 Å². The summed E-state index contributed by atoms with van der Waals surface area (Å²) in [4.78, 5) is 29.5. The number of nitrogens with one attached hydrogen (secondary N) is 1. The molecular formula is C30H31BrCl2N2O2. The number of halogens is 3. The quantitative estimate of drug-likeness (QED) is 0.278. The van der Waals surface area contributed by atoms with Gasteiger partial charge in [0.1, 0.15) is 6.04 Å². The van der Waals surface area contributed by atoms with Crippen LogP contribution in [0.25, 0.3) is 0 Å². The molecular weight excluding hydrogens is 571 g/mol. The van der Waals surface area contributed by atoms with Crippen molar-refractivity contribution >= 4 is 50.9 Å². The summed E-state index contributed by atoms with van der Waals surface area (Å²) in [6, 6.07) is 22.3. The molecule has 3 aromatic carbocycles. The van der Waals surface area contributed by atoms with Gasteiger partial charge < -0.3 is 10.2 Å². The zero-order chi connectivity index (χ0) is 26.2. The summed E-state index contributed by atoms with van der Waals surface area (Å²) in [7, 11) is 0. The van der Waals surface area contributed by atoms with Gasteiger partial charge in [-0.2, -0.15) is 0 Å². The molecule has 37 heavy (non-hydrogen) atoms. The number of benzene rings is 3. The van der Waals surface area contributed by atoms with Crippen LogP contribution < -0.4 is 5.32 Å². The van der Waals surface area contributed by atoms with E-state index in [9.17, 15) is 9.59 Å². The van der Waals surface area contributed by atoms with Gasteiger partial charge in [-0.3, -0.25) is 9.59 Å². The lowest BCUT2D eigenvalue weighted by Crippen LogP contribution is -2.53. The van der Waals surface area contributed by atoms with E-state index >= 15 is 0 Å². The van der Waals surface area contributed by atoms with Crippen molar-refractivity contribution in [2.75, 3.05) is 0 Å². The lowest BCUT2D eigenvalue weighted by atomic mass is 9.94. The van der Waals surface area contributed by atoms with Crippen molar-refractivity contribution in [1.82, 2.24) is 10.2 Å². The topological polar surface area (TPSA) is 49.4 Å². The molecule has 1 saturated carbocycles. The van der Waals surface area contributed by atoms with Crippen LogP contribution in [0.4, 0.5) is 0 Å². The number of hydrogen-bond acceptors (Lipinski definition) is 2. The Bertz CT molecular complexity index is 1190. The van der Waals surface area contributed by atoms with E-state index in [2.05, 4.69) is 21.2 Å². The number of hydrogen-bond donors (Lipinski definition) is 1. The molecule has 0 bridgehead atoms. The summed E-state index contributed by atoms with van der Waals surface area (Å²) in [6.45, 7) is 0.288. The first-order valence-corrected chi connectivity index (χ1v) is 14.3. The van der Waals surface area contributed by atoms with Crippen molar-refractivity contribution in [3.63, 3.8) is 0 Å². The maximum absolute atomic E-state index is 14.0. The zero-order valence-corrected chi connectivity index (χ0v) is 23.7. The van der Waals surface area contributed by atoms with E-state index in [4.69, 9.17) is 23.2 Å². The van der Waals surface area contributed by atoms with Gasteiger partial charge in [0.2, 0.25) is 11.8 Å². The first kappa shape index (κ1) is 27.7. The number of carbonyl (C=O) groups excluding carboxylic acids is 2. The minimum absolute atomic E-state index is 0.00844. The van der Waals surface area contributed by atoms with Gasteiger partial charge in [0.15, 0.2) is 0 Å². The summed E-state index contributed by atoms with van der Waals surface area (Å²) in [5.41, 5.74) is 2.49. The molecule has 4 nitrogen and oxygen atoms in total. The molecule has 0 aromatic heterocycles. The largest absolute Gasteiger partial charge is 0.352 e. The third-order valence-corrected chi connectivity index (χ3v) is 8.06. The van der Waals surface area contributed by atoms with Gasteiger partial charge in [-0.05, 0) is 53.8 Å². The molecule has 0 saturated heterocycles. The average Bonchev–Trinajstić information content (AvgIpc) is 2.89. The average molecular weight is 602 g/mol. The van der Waals surface area contributed by atoms with E-state index in [-0.39, 0.29) is 30.8 Å². The van der Waals surface area contributed by atoms with Crippen molar-refractivity contribution in [1.29, 1.82) is 0 Å². The lowest BCUT2D eigenvalue weighted by molar-refractivity contribution is -0.141. The summed E-state index contributed by atoms with van der Waals surface area (Å²) < 4.78 is 0.915. The maximum atomic E-state index is 14.0. The van der Waals surface area contributed by atoms with E-state index in [1.54, 1.807) is 23.1 Å². The minimum atomic E-state index is -0.683. The fourth-order valence-electron chi connectivity index (χ4n) is 4.88. The second-order valence-corrected chi connectivity index (χ2v) is 11.3. The van der Waals surface area contributed by atoms with Crippen LogP contribution in [0, 0.1) is 0 Å². The summed E-state index contributed by atoms with van der Waals surface area (Å²) in [5, 5.41) is 4.14. The molecule has 1 fully saturated rings. The third kappa shape index (κ3) is 7.83. The Labute approximate surface area is 237 Å². The van der Waals surface area contributed by atoms with E-state index < -0.39 is 6.04 Å². The van der Waals surface area contributed by atoms with Crippen LogP contribution in [-0.2, 0) is 29.0 Å². The Morgan fingerprint density at radius 3 is 2.22 bits per heavy atom. The van der Waals surface area contributed by atoms with E-state index in [1.807, 2.05) is 54.6 Å². The Balaban J connectivity index is 1.68. The first-order valence-electron chi connectivity index (χ1n) is 12.7. The molecule has 0 aliphatic heterocycles. The summed E-state index contributed by atoms with van der Waals surface area (Å²) >= 11 is 16.4. The molecule has 0 radical (unpaired) electrons. The Morgan fingerprint density at radius 1 is 0.892 bits per heavy atom. The molecule has 7 heteroatoms. The van der Waals surface area contributed by atoms with Crippen molar-refractivity contribution in [2.24, 2.45) is 0 Å². The standard InChI is InChI=1S/C30H31BrCl2N2O2/c31-23-12-7-11-22(17-23)20-35(29(36)19-25-26(32)15-8-16-27(25)33)28(18-21-9-3-1-4-10-21)30(37)34-24-13-5-2-6-14-24/h1,3-4,7-12,15-17,24,28H,2,5-6,13-14,18-20H2,(H,34,37). The van der Waals surface area contributed by atoms with Crippen LogP contribution in [0.2, 0.25) is 10.0 Å². The molecule has 2 amide bonds. The summed E-state index contributed by atoms with van der Waals surface area (Å²) in [6.07, 6.45) is 5.78.